The van der Waals surface area contributed by atoms with E-state index in [2.05, 4.69) is 23.6 Å². The summed E-state index contributed by atoms with van der Waals surface area (Å²) in [5, 5.41) is 15.3. The van der Waals surface area contributed by atoms with E-state index in [4.69, 9.17) is 5.26 Å². The molecule has 0 spiro atoms. The number of benzene rings is 1. The van der Waals surface area contributed by atoms with Gasteiger partial charge in [0.05, 0.1) is 17.0 Å². The molecule has 1 unspecified atom stereocenters. The number of rotatable bonds is 4. The molecular formula is C16H21N3O. The Labute approximate surface area is 120 Å². The van der Waals surface area contributed by atoms with Crippen LogP contribution in [-0.2, 0) is 4.79 Å². The fraction of sp³-hybridized carbons (Fsp3) is 0.500. The molecule has 1 aliphatic rings. The van der Waals surface area contributed by atoms with Crippen molar-refractivity contribution in [2.45, 2.75) is 33.1 Å². The van der Waals surface area contributed by atoms with E-state index in [1.54, 1.807) is 12.1 Å². The van der Waals surface area contributed by atoms with Crippen molar-refractivity contribution in [3.63, 3.8) is 0 Å². The van der Waals surface area contributed by atoms with Crippen LogP contribution in [0.5, 0.6) is 0 Å². The molecule has 1 heterocycles. The van der Waals surface area contributed by atoms with E-state index in [-0.39, 0.29) is 11.3 Å². The van der Waals surface area contributed by atoms with Gasteiger partial charge in [-0.1, -0.05) is 19.4 Å². The summed E-state index contributed by atoms with van der Waals surface area (Å²) in [6, 6.07) is 7.49. The van der Waals surface area contributed by atoms with Crippen molar-refractivity contribution in [2.75, 3.05) is 18.4 Å². The molecule has 1 saturated heterocycles. The number of nitrogens with one attached hydrogen (secondary N) is 2. The maximum Gasteiger partial charge on any atom is 0.231 e. The van der Waals surface area contributed by atoms with Crippen molar-refractivity contribution in [2.24, 2.45) is 5.41 Å². The highest BCUT2D eigenvalue weighted by molar-refractivity contribution is 5.96. The van der Waals surface area contributed by atoms with Crippen LogP contribution in [0.15, 0.2) is 18.2 Å². The summed E-state index contributed by atoms with van der Waals surface area (Å²) in [6.07, 6.45) is 2.76. The monoisotopic (exact) mass is 271 g/mol. The highest BCUT2D eigenvalue weighted by Crippen LogP contribution is 2.33. The third-order valence-electron chi connectivity index (χ3n) is 4.07. The second-order valence-corrected chi connectivity index (χ2v) is 5.55. The first-order valence-electron chi connectivity index (χ1n) is 7.14. The first-order valence-corrected chi connectivity index (χ1v) is 7.14. The van der Waals surface area contributed by atoms with Gasteiger partial charge < -0.3 is 10.6 Å². The molecule has 106 valence electrons. The van der Waals surface area contributed by atoms with Crippen molar-refractivity contribution in [1.82, 2.24) is 5.32 Å². The van der Waals surface area contributed by atoms with Gasteiger partial charge in [-0.05, 0) is 44.0 Å². The fourth-order valence-corrected chi connectivity index (χ4v) is 2.82. The Balaban J connectivity index is 2.20. The Bertz CT molecular complexity index is 539. The molecule has 0 bridgehead atoms. The van der Waals surface area contributed by atoms with E-state index in [0.717, 1.165) is 43.6 Å². The van der Waals surface area contributed by atoms with Crippen molar-refractivity contribution in [3.8, 4) is 6.07 Å². The molecule has 4 heteroatoms. The van der Waals surface area contributed by atoms with Crippen LogP contribution in [0.25, 0.3) is 0 Å². The van der Waals surface area contributed by atoms with E-state index in [0.29, 0.717) is 5.56 Å². The summed E-state index contributed by atoms with van der Waals surface area (Å²) in [6.45, 7) is 5.68. The Morgan fingerprint density at radius 1 is 1.55 bits per heavy atom. The summed E-state index contributed by atoms with van der Waals surface area (Å²) >= 11 is 0. The molecule has 1 aliphatic heterocycles. The zero-order valence-electron chi connectivity index (χ0n) is 12.1. The minimum Gasteiger partial charge on any atom is -0.325 e. The third kappa shape index (κ3) is 2.83. The van der Waals surface area contributed by atoms with Crippen LogP contribution in [0.1, 0.15) is 37.3 Å². The molecule has 0 aromatic heterocycles. The summed E-state index contributed by atoms with van der Waals surface area (Å²) in [5.74, 6) is 0.0718. The molecule has 2 rings (SSSR count). The number of carbonyl (C=O) groups is 1. The van der Waals surface area contributed by atoms with Gasteiger partial charge in [0, 0.05) is 12.2 Å². The number of hydrogen-bond acceptors (Lipinski definition) is 3. The second kappa shape index (κ2) is 6.06. The minimum atomic E-state index is -0.302. The molecule has 1 fully saturated rings. The summed E-state index contributed by atoms with van der Waals surface area (Å²) in [5.41, 5.74) is 2.00. The molecule has 0 aliphatic carbocycles. The zero-order chi connectivity index (χ0) is 14.6. The molecular weight excluding hydrogens is 250 g/mol. The lowest BCUT2D eigenvalue weighted by Crippen LogP contribution is -2.38. The average Bonchev–Trinajstić information content (AvgIpc) is 2.91. The first-order chi connectivity index (χ1) is 9.61. The number of nitriles is 1. The highest BCUT2D eigenvalue weighted by atomic mass is 16.2. The molecule has 2 N–H and O–H groups in total. The number of carbonyl (C=O) groups excluding carboxylic acids is 1. The van der Waals surface area contributed by atoms with E-state index in [1.165, 1.54) is 0 Å². The van der Waals surface area contributed by atoms with Gasteiger partial charge in [0.25, 0.3) is 0 Å². The van der Waals surface area contributed by atoms with Crippen LogP contribution in [0.3, 0.4) is 0 Å². The van der Waals surface area contributed by atoms with Gasteiger partial charge in [-0.25, -0.2) is 0 Å². The zero-order valence-corrected chi connectivity index (χ0v) is 12.1. The SMILES string of the molecule is CCCC1(C(=O)Nc2cc(C#N)ccc2C)CCNC1. The number of hydrogen-bond donors (Lipinski definition) is 2. The van der Waals surface area contributed by atoms with Crippen molar-refractivity contribution in [3.05, 3.63) is 29.3 Å². The maximum atomic E-state index is 12.6. The molecule has 4 nitrogen and oxygen atoms in total. The number of anilines is 1. The van der Waals surface area contributed by atoms with Crippen LogP contribution >= 0.6 is 0 Å². The van der Waals surface area contributed by atoms with Gasteiger partial charge in [0.1, 0.15) is 0 Å². The molecule has 20 heavy (non-hydrogen) atoms. The van der Waals surface area contributed by atoms with Crippen molar-refractivity contribution < 1.29 is 4.79 Å². The normalized spacial score (nSPS) is 21.4. The Kier molecular flexibility index (Phi) is 4.41. The lowest BCUT2D eigenvalue weighted by atomic mass is 9.81. The Morgan fingerprint density at radius 2 is 2.35 bits per heavy atom. The first kappa shape index (κ1) is 14.5. The van der Waals surface area contributed by atoms with Crippen LogP contribution in [0.4, 0.5) is 5.69 Å². The van der Waals surface area contributed by atoms with Crippen LogP contribution in [0, 0.1) is 23.7 Å². The molecule has 1 aromatic rings. The van der Waals surface area contributed by atoms with Gasteiger partial charge in [-0.2, -0.15) is 5.26 Å². The smallest absolute Gasteiger partial charge is 0.231 e. The Hall–Kier alpha value is -1.86. The minimum absolute atomic E-state index is 0.0718. The molecule has 1 amide bonds. The van der Waals surface area contributed by atoms with Crippen LogP contribution in [0.2, 0.25) is 0 Å². The van der Waals surface area contributed by atoms with Gasteiger partial charge >= 0.3 is 0 Å². The standard InChI is InChI=1S/C16H21N3O/c1-3-6-16(7-8-18-11-16)15(20)19-14-9-13(10-17)5-4-12(14)2/h4-5,9,18H,3,6-8,11H2,1-2H3,(H,19,20). The number of nitrogens with zero attached hydrogens (tertiary/aromatic N) is 1. The molecule has 1 atom stereocenters. The predicted octanol–water partition coefficient (Wildman–Crippen LogP) is 2.58. The van der Waals surface area contributed by atoms with Crippen LogP contribution < -0.4 is 10.6 Å². The van der Waals surface area contributed by atoms with E-state index in [9.17, 15) is 4.79 Å². The lowest BCUT2D eigenvalue weighted by Gasteiger charge is -2.26. The fourth-order valence-electron chi connectivity index (χ4n) is 2.82. The van der Waals surface area contributed by atoms with Crippen LogP contribution in [-0.4, -0.2) is 19.0 Å². The number of aryl methyl sites for hydroxylation is 1. The molecule has 0 saturated carbocycles. The highest BCUT2D eigenvalue weighted by Gasteiger charge is 2.40. The molecule has 1 aromatic carbocycles. The van der Waals surface area contributed by atoms with Gasteiger partial charge in [0.15, 0.2) is 0 Å². The summed E-state index contributed by atoms with van der Waals surface area (Å²) in [7, 11) is 0. The quantitative estimate of drug-likeness (QED) is 0.884. The number of amides is 1. The summed E-state index contributed by atoms with van der Waals surface area (Å²) in [4.78, 5) is 12.6. The van der Waals surface area contributed by atoms with Crippen molar-refractivity contribution in [1.29, 1.82) is 5.26 Å². The largest absolute Gasteiger partial charge is 0.325 e. The van der Waals surface area contributed by atoms with E-state index >= 15 is 0 Å². The molecule has 0 radical (unpaired) electrons. The lowest BCUT2D eigenvalue weighted by molar-refractivity contribution is -0.125. The van der Waals surface area contributed by atoms with E-state index < -0.39 is 0 Å². The van der Waals surface area contributed by atoms with Gasteiger partial charge in [0.2, 0.25) is 5.91 Å². The summed E-state index contributed by atoms with van der Waals surface area (Å²) < 4.78 is 0. The average molecular weight is 271 g/mol. The van der Waals surface area contributed by atoms with Gasteiger partial charge in [-0.3, -0.25) is 4.79 Å². The van der Waals surface area contributed by atoms with Crippen molar-refractivity contribution >= 4 is 11.6 Å². The second-order valence-electron chi connectivity index (χ2n) is 5.55. The topological polar surface area (TPSA) is 64.9 Å². The predicted molar refractivity (Wildman–Crippen MR) is 79.4 cm³/mol. The maximum absolute atomic E-state index is 12.6. The van der Waals surface area contributed by atoms with Gasteiger partial charge in [-0.15, -0.1) is 0 Å². The third-order valence-corrected chi connectivity index (χ3v) is 4.07. The van der Waals surface area contributed by atoms with E-state index in [1.807, 2.05) is 13.0 Å². The Morgan fingerprint density at radius 3 is 2.95 bits per heavy atom.